The van der Waals surface area contributed by atoms with Crippen molar-refractivity contribution < 1.29 is 5.11 Å². The van der Waals surface area contributed by atoms with Gasteiger partial charge in [0.1, 0.15) is 5.75 Å². The Morgan fingerprint density at radius 2 is 2.00 bits per heavy atom. The highest BCUT2D eigenvalue weighted by Crippen LogP contribution is 2.35. The first-order valence-corrected chi connectivity index (χ1v) is 6.39. The van der Waals surface area contributed by atoms with E-state index in [1.165, 1.54) is 0 Å². The zero-order chi connectivity index (χ0) is 10.8. The van der Waals surface area contributed by atoms with Gasteiger partial charge in [0.05, 0.1) is 4.47 Å². The second-order valence-electron chi connectivity index (χ2n) is 3.54. The van der Waals surface area contributed by atoms with Crippen LogP contribution < -0.4 is 10.6 Å². The molecule has 0 saturated carbocycles. The minimum atomic E-state index is 0. The van der Waals surface area contributed by atoms with E-state index < -0.39 is 0 Å². The zero-order valence-electron chi connectivity index (χ0n) is 8.46. The largest absolute Gasteiger partial charge is 0.506 e. The number of piperazine rings is 1. The molecule has 2 rings (SSSR count). The molecule has 1 saturated heterocycles. The fraction of sp³-hybridized carbons (Fsp3) is 0.400. The molecule has 1 aromatic rings. The van der Waals surface area contributed by atoms with Gasteiger partial charge in [0, 0.05) is 35.7 Å². The van der Waals surface area contributed by atoms with Crippen molar-refractivity contribution in [3.05, 3.63) is 26.6 Å². The molecular weight excluding hydrogens is 359 g/mol. The topological polar surface area (TPSA) is 44.3 Å². The van der Waals surface area contributed by atoms with Crippen molar-refractivity contribution in [2.75, 3.05) is 19.6 Å². The Kier molecular flexibility index (Phi) is 5.53. The molecule has 1 heterocycles. The summed E-state index contributed by atoms with van der Waals surface area (Å²) in [7, 11) is 0. The van der Waals surface area contributed by atoms with Crippen LogP contribution in [0.3, 0.4) is 0 Å². The highest BCUT2D eigenvalue weighted by atomic mass is 79.9. The van der Waals surface area contributed by atoms with E-state index in [2.05, 4.69) is 42.5 Å². The summed E-state index contributed by atoms with van der Waals surface area (Å²) in [4.78, 5) is 0. The third kappa shape index (κ3) is 3.11. The summed E-state index contributed by atoms with van der Waals surface area (Å²) in [6.07, 6.45) is 0. The van der Waals surface area contributed by atoms with E-state index in [0.29, 0.717) is 5.75 Å². The third-order valence-corrected chi connectivity index (χ3v) is 3.54. The standard InChI is InChI=1S/C10H12Br2N2O.ClH/c11-6-3-7(10(15)8(12)4-6)9-5-13-1-2-14-9;/h3-4,9,13-15H,1-2,5H2;1H/t9-;/m0./s1. The van der Waals surface area contributed by atoms with Crippen molar-refractivity contribution in [3.8, 4) is 5.75 Å². The average molecular weight is 372 g/mol. The molecule has 1 aliphatic heterocycles. The van der Waals surface area contributed by atoms with Crippen LogP contribution in [-0.4, -0.2) is 24.7 Å². The highest BCUT2D eigenvalue weighted by Gasteiger charge is 2.19. The Bertz CT molecular complexity index is 370. The van der Waals surface area contributed by atoms with Crippen molar-refractivity contribution in [1.29, 1.82) is 0 Å². The van der Waals surface area contributed by atoms with Crippen LogP contribution in [0.15, 0.2) is 21.1 Å². The van der Waals surface area contributed by atoms with E-state index in [-0.39, 0.29) is 18.4 Å². The molecule has 0 amide bonds. The Morgan fingerprint density at radius 1 is 1.25 bits per heavy atom. The van der Waals surface area contributed by atoms with Crippen LogP contribution in [0.5, 0.6) is 5.75 Å². The van der Waals surface area contributed by atoms with Gasteiger partial charge >= 0.3 is 0 Å². The number of aromatic hydroxyl groups is 1. The summed E-state index contributed by atoms with van der Waals surface area (Å²) >= 11 is 6.76. The number of phenolic OH excluding ortho intramolecular Hbond substituents is 1. The summed E-state index contributed by atoms with van der Waals surface area (Å²) in [6.45, 7) is 2.75. The number of rotatable bonds is 1. The molecule has 0 aliphatic carbocycles. The van der Waals surface area contributed by atoms with Gasteiger partial charge in [0.25, 0.3) is 0 Å². The maximum atomic E-state index is 9.94. The van der Waals surface area contributed by atoms with Gasteiger partial charge < -0.3 is 15.7 Å². The Balaban J connectivity index is 0.00000128. The molecule has 90 valence electrons. The van der Waals surface area contributed by atoms with Crippen LogP contribution >= 0.6 is 44.3 Å². The van der Waals surface area contributed by atoms with E-state index in [9.17, 15) is 5.11 Å². The number of nitrogens with one attached hydrogen (secondary N) is 2. The summed E-state index contributed by atoms with van der Waals surface area (Å²) < 4.78 is 1.69. The molecule has 1 aromatic carbocycles. The molecule has 6 heteroatoms. The molecule has 1 fully saturated rings. The molecule has 16 heavy (non-hydrogen) atoms. The summed E-state index contributed by atoms with van der Waals surface area (Å²) in [6, 6.07) is 3.97. The summed E-state index contributed by atoms with van der Waals surface area (Å²) in [5.74, 6) is 0.319. The van der Waals surface area contributed by atoms with Gasteiger partial charge in [-0.25, -0.2) is 0 Å². The van der Waals surface area contributed by atoms with Crippen LogP contribution in [-0.2, 0) is 0 Å². The van der Waals surface area contributed by atoms with Crippen LogP contribution in [0.2, 0.25) is 0 Å². The molecule has 1 aliphatic rings. The number of benzene rings is 1. The van der Waals surface area contributed by atoms with Crippen LogP contribution in [0, 0.1) is 0 Å². The lowest BCUT2D eigenvalue weighted by Gasteiger charge is -2.25. The van der Waals surface area contributed by atoms with Gasteiger partial charge in [-0.1, -0.05) is 15.9 Å². The minimum Gasteiger partial charge on any atom is -0.506 e. The fourth-order valence-corrected chi connectivity index (χ4v) is 2.98. The van der Waals surface area contributed by atoms with E-state index in [1.807, 2.05) is 12.1 Å². The average Bonchev–Trinajstić information content (AvgIpc) is 2.24. The van der Waals surface area contributed by atoms with Gasteiger partial charge in [0.2, 0.25) is 0 Å². The maximum absolute atomic E-state index is 9.94. The lowest BCUT2D eigenvalue weighted by atomic mass is 10.0. The quantitative estimate of drug-likeness (QED) is 0.710. The Morgan fingerprint density at radius 3 is 2.62 bits per heavy atom. The summed E-state index contributed by atoms with van der Waals surface area (Å²) in [5, 5.41) is 16.6. The van der Waals surface area contributed by atoms with Gasteiger partial charge in [-0.05, 0) is 28.1 Å². The zero-order valence-corrected chi connectivity index (χ0v) is 12.5. The number of halogens is 3. The molecule has 0 aromatic heterocycles. The molecule has 1 atom stereocenters. The van der Waals surface area contributed by atoms with E-state index in [0.717, 1.165) is 34.1 Å². The van der Waals surface area contributed by atoms with E-state index >= 15 is 0 Å². The summed E-state index contributed by atoms with van der Waals surface area (Å²) in [5.41, 5.74) is 0.920. The monoisotopic (exact) mass is 370 g/mol. The second kappa shape index (κ2) is 6.21. The van der Waals surface area contributed by atoms with Gasteiger partial charge in [-0.2, -0.15) is 0 Å². The first-order valence-electron chi connectivity index (χ1n) is 4.80. The van der Waals surface area contributed by atoms with Crippen LogP contribution in [0.25, 0.3) is 0 Å². The van der Waals surface area contributed by atoms with Crippen LogP contribution in [0.1, 0.15) is 11.6 Å². The normalized spacial score (nSPS) is 20.2. The SMILES string of the molecule is Cl.Oc1c(Br)cc(Br)cc1[C@@H]1CNCCN1. The molecule has 3 nitrogen and oxygen atoms in total. The van der Waals surface area contributed by atoms with E-state index in [4.69, 9.17) is 0 Å². The van der Waals surface area contributed by atoms with Gasteiger partial charge in [-0.15, -0.1) is 12.4 Å². The second-order valence-corrected chi connectivity index (χ2v) is 5.31. The Hall–Kier alpha value is 0.190. The van der Waals surface area contributed by atoms with Crippen molar-refractivity contribution in [2.45, 2.75) is 6.04 Å². The predicted molar refractivity (Wildman–Crippen MR) is 74.4 cm³/mol. The van der Waals surface area contributed by atoms with Crippen molar-refractivity contribution in [3.63, 3.8) is 0 Å². The lowest BCUT2D eigenvalue weighted by molar-refractivity contribution is 0.403. The number of phenols is 1. The number of hydrogen-bond donors (Lipinski definition) is 3. The molecule has 0 radical (unpaired) electrons. The predicted octanol–water partition coefficient (Wildman–Crippen LogP) is 2.57. The molecule has 0 spiro atoms. The molecule has 3 N–H and O–H groups in total. The highest BCUT2D eigenvalue weighted by molar-refractivity contribution is 9.11. The van der Waals surface area contributed by atoms with Gasteiger partial charge in [0.15, 0.2) is 0 Å². The first kappa shape index (κ1) is 14.3. The first-order chi connectivity index (χ1) is 7.18. The van der Waals surface area contributed by atoms with Crippen molar-refractivity contribution in [2.24, 2.45) is 0 Å². The van der Waals surface area contributed by atoms with E-state index in [1.54, 1.807) is 0 Å². The van der Waals surface area contributed by atoms with Crippen LogP contribution in [0.4, 0.5) is 0 Å². The van der Waals surface area contributed by atoms with Gasteiger partial charge in [-0.3, -0.25) is 0 Å². The smallest absolute Gasteiger partial charge is 0.134 e. The Labute approximate surface area is 118 Å². The minimum absolute atomic E-state index is 0. The van der Waals surface area contributed by atoms with Crippen molar-refractivity contribution >= 4 is 44.3 Å². The fourth-order valence-electron chi connectivity index (χ4n) is 1.72. The third-order valence-electron chi connectivity index (χ3n) is 2.47. The van der Waals surface area contributed by atoms with Crippen molar-refractivity contribution in [1.82, 2.24) is 10.6 Å². The number of hydrogen-bond acceptors (Lipinski definition) is 3. The molecule has 0 unspecified atom stereocenters. The molecule has 0 bridgehead atoms. The maximum Gasteiger partial charge on any atom is 0.134 e. The molecular formula is C10H13Br2ClN2O. The lowest BCUT2D eigenvalue weighted by Crippen LogP contribution is -2.42.